The Balaban J connectivity index is 2.16. The second-order valence-corrected chi connectivity index (χ2v) is 5.40. The molecule has 6 nitrogen and oxygen atoms in total. The van der Waals surface area contributed by atoms with Crippen molar-refractivity contribution in [1.29, 1.82) is 0 Å². The van der Waals surface area contributed by atoms with E-state index in [0.29, 0.717) is 5.58 Å². The molecule has 0 aliphatic heterocycles. The van der Waals surface area contributed by atoms with Crippen LogP contribution < -0.4 is 5.32 Å². The van der Waals surface area contributed by atoms with Crippen LogP contribution in [0.4, 0.5) is 0 Å². The molecule has 21 heavy (non-hydrogen) atoms. The highest BCUT2D eigenvalue weighted by Crippen LogP contribution is 2.28. The molecule has 2 N–H and O–H groups in total. The fraction of sp³-hybridized carbons (Fsp3) is 0.286. The predicted octanol–water partition coefficient (Wildman–Crippen LogP) is 2.33. The molecule has 0 aliphatic carbocycles. The van der Waals surface area contributed by atoms with Gasteiger partial charge in [0.2, 0.25) is 0 Å². The standard InChI is InChI=1S/C14H14BrNO5/c1-7-3-8-5-10(21-12(8)9(15)4-7)13(17)16-6-11(20-2)14(18)19/h3-5,11H,6H2,1-2H3,(H,16,17)(H,18,19). The minimum Gasteiger partial charge on any atom is -0.479 e. The molecule has 0 bridgehead atoms. The summed E-state index contributed by atoms with van der Waals surface area (Å²) in [7, 11) is 1.27. The summed E-state index contributed by atoms with van der Waals surface area (Å²) in [6, 6.07) is 5.40. The molecule has 1 heterocycles. The van der Waals surface area contributed by atoms with Crippen molar-refractivity contribution < 1.29 is 23.8 Å². The highest BCUT2D eigenvalue weighted by atomic mass is 79.9. The first-order valence-corrected chi connectivity index (χ1v) is 6.95. The Morgan fingerprint density at radius 1 is 1.43 bits per heavy atom. The average Bonchev–Trinajstić information content (AvgIpc) is 2.83. The number of aryl methyl sites for hydroxylation is 1. The summed E-state index contributed by atoms with van der Waals surface area (Å²) in [6.07, 6.45) is -1.09. The van der Waals surface area contributed by atoms with E-state index >= 15 is 0 Å². The molecular weight excluding hydrogens is 342 g/mol. The maximum absolute atomic E-state index is 12.0. The number of aliphatic carboxylic acids is 1. The third-order valence-electron chi connectivity index (χ3n) is 2.95. The zero-order valence-corrected chi connectivity index (χ0v) is 13.1. The van der Waals surface area contributed by atoms with Crippen molar-refractivity contribution in [1.82, 2.24) is 5.32 Å². The summed E-state index contributed by atoms with van der Waals surface area (Å²) in [5.74, 6) is -1.50. The smallest absolute Gasteiger partial charge is 0.334 e. The number of amides is 1. The van der Waals surface area contributed by atoms with E-state index < -0.39 is 18.0 Å². The number of benzene rings is 1. The highest BCUT2D eigenvalue weighted by Gasteiger charge is 2.19. The molecule has 0 saturated carbocycles. The van der Waals surface area contributed by atoms with Gasteiger partial charge < -0.3 is 19.6 Å². The molecule has 2 rings (SSSR count). The zero-order chi connectivity index (χ0) is 15.6. The van der Waals surface area contributed by atoms with E-state index in [1.165, 1.54) is 7.11 Å². The lowest BCUT2D eigenvalue weighted by atomic mass is 10.2. The first kappa shape index (κ1) is 15.5. The third kappa shape index (κ3) is 3.43. The number of ether oxygens (including phenoxy) is 1. The maximum atomic E-state index is 12.0. The number of carboxylic acids is 1. The van der Waals surface area contributed by atoms with Gasteiger partial charge in [0.25, 0.3) is 5.91 Å². The molecule has 0 aliphatic rings. The Morgan fingerprint density at radius 2 is 2.14 bits per heavy atom. The van der Waals surface area contributed by atoms with Crippen LogP contribution in [0.2, 0.25) is 0 Å². The van der Waals surface area contributed by atoms with Crippen LogP contribution in [-0.2, 0) is 9.53 Å². The van der Waals surface area contributed by atoms with Gasteiger partial charge in [0.15, 0.2) is 11.9 Å². The molecule has 0 spiro atoms. The summed E-state index contributed by atoms with van der Waals surface area (Å²) in [6.45, 7) is 1.80. The molecule has 0 radical (unpaired) electrons. The number of carbonyl (C=O) groups excluding carboxylic acids is 1. The van der Waals surface area contributed by atoms with Crippen LogP contribution in [0.25, 0.3) is 11.0 Å². The Morgan fingerprint density at radius 3 is 2.76 bits per heavy atom. The highest BCUT2D eigenvalue weighted by molar-refractivity contribution is 9.10. The molecule has 0 saturated heterocycles. The number of nitrogens with one attached hydrogen (secondary N) is 1. The van der Waals surface area contributed by atoms with Gasteiger partial charge in [-0.3, -0.25) is 4.79 Å². The van der Waals surface area contributed by atoms with Gasteiger partial charge in [-0.2, -0.15) is 0 Å². The number of hydrogen-bond donors (Lipinski definition) is 2. The number of furan rings is 1. The largest absolute Gasteiger partial charge is 0.479 e. The summed E-state index contributed by atoms with van der Waals surface area (Å²) in [4.78, 5) is 22.8. The molecule has 112 valence electrons. The molecular formula is C14H14BrNO5. The van der Waals surface area contributed by atoms with Crippen LogP contribution in [-0.4, -0.2) is 36.7 Å². The molecule has 0 fully saturated rings. The number of halogens is 1. The van der Waals surface area contributed by atoms with Crippen molar-refractivity contribution in [2.75, 3.05) is 13.7 Å². The topological polar surface area (TPSA) is 88.8 Å². The Kier molecular flexibility index (Phi) is 4.64. The van der Waals surface area contributed by atoms with Crippen molar-refractivity contribution in [2.24, 2.45) is 0 Å². The van der Waals surface area contributed by atoms with Gasteiger partial charge in [-0.25, -0.2) is 4.79 Å². The minimum absolute atomic E-state index is 0.122. The molecule has 1 atom stereocenters. The molecule has 7 heteroatoms. The van der Waals surface area contributed by atoms with Gasteiger partial charge in [0, 0.05) is 12.5 Å². The predicted molar refractivity (Wildman–Crippen MR) is 79.4 cm³/mol. The molecule has 2 aromatic rings. The molecule has 1 aromatic heterocycles. The average molecular weight is 356 g/mol. The van der Waals surface area contributed by atoms with Gasteiger partial charge in [0.05, 0.1) is 11.0 Å². The second-order valence-electron chi connectivity index (χ2n) is 4.55. The van der Waals surface area contributed by atoms with Crippen molar-refractivity contribution in [3.63, 3.8) is 0 Å². The van der Waals surface area contributed by atoms with E-state index in [1.54, 1.807) is 6.07 Å². The zero-order valence-electron chi connectivity index (χ0n) is 11.5. The van der Waals surface area contributed by atoms with Gasteiger partial charge >= 0.3 is 5.97 Å². The van der Waals surface area contributed by atoms with Crippen molar-refractivity contribution >= 4 is 38.8 Å². The fourth-order valence-electron chi connectivity index (χ4n) is 1.91. The number of carboxylic acid groups (broad SMARTS) is 1. The van der Waals surface area contributed by atoms with Crippen LogP contribution in [0.3, 0.4) is 0 Å². The van der Waals surface area contributed by atoms with Crippen LogP contribution in [0.15, 0.2) is 27.1 Å². The van der Waals surface area contributed by atoms with Crippen LogP contribution in [0, 0.1) is 6.92 Å². The number of hydrogen-bond acceptors (Lipinski definition) is 4. The number of fused-ring (bicyclic) bond motifs is 1. The van der Waals surface area contributed by atoms with E-state index in [1.807, 2.05) is 19.1 Å². The Labute approximate surface area is 129 Å². The lowest BCUT2D eigenvalue weighted by Gasteiger charge is -2.10. The first-order chi connectivity index (χ1) is 9.92. The number of methoxy groups -OCH3 is 1. The van der Waals surface area contributed by atoms with Gasteiger partial charge in [-0.15, -0.1) is 0 Å². The van der Waals surface area contributed by atoms with Crippen LogP contribution in [0.5, 0.6) is 0 Å². The monoisotopic (exact) mass is 355 g/mol. The summed E-state index contributed by atoms with van der Waals surface area (Å²) in [5.41, 5.74) is 1.61. The summed E-state index contributed by atoms with van der Waals surface area (Å²) in [5, 5.41) is 12.1. The Bertz CT molecular complexity index is 694. The van der Waals surface area contributed by atoms with Crippen LogP contribution >= 0.6 is 15.9 Å². The number of rotatable bonds is 5. The van der Waals surface area contributed by atoms with Gasteiger partial charge in [-0.1, -0.05) is 0 Å². The normalized spacial score (nSPS) is 12.3. The van der Waals surface area contributed by atoms with E-state index in [2.05, 4.69) is 21.2 Å². The second kappa shape index (κ2) is 6.28. The van der Waals surface area contributed by atoms with E-state index in [4.69, 9.17) is 14.3 Å². The van der Waals surface area contributed by atoms with Gasteiger partial charge in [0.1, 0.15) is 5.58 Å². The molecule has 1 amide bonds. The molecule has 1 unspecified atom stereocenters. The van der Waals surface area contributed by atoms with Gasteiger partial charge in [-0.05, 0) is 46.6 Å². The maximum Gasteiger partial charge on any atom is 0.334 e. The van der Waals surface area contributed by atoms with Crippen molar-refractivity contribution in [3.05, 3.63) is 34.0 Å². The van der Waals surface area contributed by atoms with Crippen LogP contribution in [0.1, 0.15) is 16.1 Å². The lowest BCUT2D eigenvalue weighted by Crippen LogP contribution is -2.37. The lowest BCUT2D eigenvalue weighted by molar-refractivity contribution is -0.148. The number of carbonyl (C=O) groups is 2. The first-order valence-electron chi connectivity index (χ1n) is 6.16. The molecule has 1 aromatic carbocycles. The quantitative estimate of drug-likeness (QED) is 0.859. The summed E-state index contributed by atoms with van der Waals surface area (Å²) < 4.78 is 11.0. The fourth-order valence-corrected chi connectivity index (χ4v) is 2.58. The van der Waals surface area contributed by atoms with E-state index in [9.17, 15) is 9.59 Å². The Hall–Kier alpha value is -1.86. The SMILES string of the molecule is COC(CNC(=O)c1cc2cc(C)cc(Br)c2o1)C(=O)O. The van der Waals surface area contributed by atoms with E-state index in [0.717, 1.165) is 15.4 Å². The third-order valence-corrected chi connectivity index (χ3v) is 3.54. The minimum atomic E-state index is -1.14. The summed E-state index contributed by atoms with van der Waals surface area (Å²) >= 11 is 3.38. The van der Waals surface area contributed by atoms with E-state index in [-0.39, 0.29) is 12.3 Å². The van der Waals surface area contributed by atoms with Crippen molar-refractivity contribution in [3.8, 4) is 0 Å². The van der Waals surface area contributed by atoms with Crippen molar-refractivity contribution in [2.45, 2.75) is 13.0 Å².